The molecule has 1 heterocycles. The van der Waals surface area contributed by atoms with E-state index < -0.39 is 0 Å². The Morgan fingerprint density at radius 1 is 1.38 bits per heavy atom. The van der Waals surface area contributed by atoms with Gasteiger partial charge in [0.05, 0.1) is 0 Å². The SMILES string of the molecule is O=[C]OCc1c[nH]c2ccccc12. The zero-order valence-corrected chi connectivity index (χ0v) is 6.91. The maximum atomic E-state index is 9.88. The number of carbonyl (C=O) groups excluding carboxylic acids is 1. The van der Waals surface area contributed by atoms with Gasteiger partial charge in [-0.05, 0) is 6.07 Å². The number of para-hydroxylation sites is 1. The minimum absolute atomic E-state index is 0.271. The lowest BCUT2D eigenvalue weighted by atomic mass is 10.2. The van der Waals surface area contributed by atoms with E-state index in [4.69, 9.17) is 0 Å². The van der Waals surface area contributed by atoms with Gasteiger partial charge < -0.3 is 9.72 Å². The van der Waals surface area contributed by atoms with Crippen LogP contribution in [0.25, 0.3) is 10.9 Å². The predicted octanol–water partition coefficient (Wildman–Crippen LogP) is 1.75. The predicted molar refractivity (Wildman–Crippen MR) is 48.8 cm³/mol. The molecule has 0 saturated heterocycles. The second kappa shape index (κ2) is 3.31. The summed E-state index contributed by atoms with van der Waals surface area (Å²) in [4.78, 5) is 13.0. The molecule has 0 aliphatic heterocycles. The molecule has 0 unspecified atom stereocenters. The molecule has 0 atom stereocenters. The van der Waals surface area contributed by atoms with Gasteiger partial charge in [-0.2, -0.15) is 0 Å². The quantitative estimate of drug-likeness (QED) is 0.770. The monoisotopic (exact) mass is 174 g/mol. The van der Waals surface area contributed by atoms with E-state index in [0.29, 0.717) is 0 Å². The average Bonchev–Trinajstić information content (AvgIpc) is 2.58. The van der Waals surface area contributed by atoms with Crippen LogP contribution in [0.2, 0.25) is 0 Å². The summed E-state index contributed by atoms with van der Waals surface area (Å²) in [6, 6.07) is 7.86. The Kier molecular flexibility index (Phi) is 2.00. The first-order valence-electron chi connectivity index (χ1n) is 3.96. The normalized spacial score (nSPS) is 10.2. The lowest BCUT2D eigenvalue weighted by Crippen LogP contribution is -1.87. The van der Waals surface area contributed by atoms with Crippen LogP contribution in [0, 0.1) is 0 Å². The van der Waals surface area contributed by atoms with Crippen molar-refractivity contribution in [1.82, 2.24) is 4.98 Å². The zero-order chi connectivity index (χ0) is 9.10. The van der Waals surface area contributed by atoms with Gasteiger partial charge in [-0.15, -0.1) is 0 Å². The van der Waals surface area contributed by atoms with Gasteiger partial charge in [0.2, 0.25) is 0 Å². The van der Waals surface area contributed by atoms with Crippen LogP contribution in [0.3, 0.4) is 0 Å². The molecule has 1 N–H and O–H groups in total. The molecular weight excluding hydrogens is 166 g/mol. The summed E-state index contributed by atoms with van der Waals surface area (Å²) in [5, 5.41) is 1.08. The van der Waals surface area contributed by atoms with Crippen LogP contribution in [-0.4, -0.2) is 11.5 Å². The van der Waals surface area contributed by atoms with Gasteiger partial charge in [0.15, 0.2) is 0 Å². The maximum Gasteiger partial charge on any atom is 0.417 e. The third-order valence-electron chi connectivity index (χ3n) is 1.96. The summed E-state index contributed by atoms with van der Waals surface area (Å²) >= 11 is 0. The lowest BCUT2D eigenvalue weighted by Gasteiger charge is -1.94. The average molecular weight is 174 g/mol. The van der Waals surface area contributed by atoms with Crippen LogP contribution in [0.1, 0.15) is 5.56 Å². The van der Waals surface area contributed by atoms with Crippen molar-refractivity contribution in [3.05, 3.63) is 36.0 Å². The Morgan fingerprint density at radius 2 is 2.23 bits per heavy atom. The molecule has 0 aliphatic carbocycles. The minimum atomic E-state index is 0.271. The molecule has 0 amide bonds. The Balaban J connectivity index is 2.40. The largest absolute Gasteiger partial charge is 0.452 e. The fraction of sp³-hybridized carbons (Fsp3) is 0.100. The van der Waals surface area contributed by atoms with Crippen molar-refractivity contribution < 1.29 is 9.53 Å². The number of H-pyrrole nitrogens is 1. The molecule has 0 saturated carbocycles. The summed E-state index contributed by atoms with van der Waals surface area (Å²) in [7, 11) is 0. The van der Waals surface area contributed by atoms with Gasteiger partial charge >= 0.3 is 6.47 Å². The molecule has 0 spiro atoms. The molecule has 1 aromatic carbocycles. The highest BCUT2D eigenvalue weighted by molar-refractivity contribution is 5.82. The van der Waals surface area contributed by atoms with E-state index in [-0.39, 0.29) is 6.61 Å². The van der Waals surface area contributed by atoms with Crippen molar-refractivity contribution in [1.29, 1.82) is 0 Å². The smallest absolute Gasteiger partial charge is 0.417 e. The number of hydrogen-bond acceptors (Lipinski definition) is 2. The summed E-state index contributed by atoms with van der Waals surface area (Å²) in [5.74, 6) is 0. The molecule has 3 heteroatoms. The first kappa shape index (κ1) is 7.86. The number of nitrogens with one attached hydrogen (secondary N) is 1. The summed E-state index contributed by atoms with van der Waals surface area (Å²) in [5.41, 5.74) is 2.02. The molecule has 0 fully saturated rings. The Labute approximate surface area is 75.3 Å². The van der Waals surface area contributed by atoms with Crippen LogP contribution in [0.5, 0.6) is 0 Å². The van der Waals surface area contributed by atoms with Crippen molar-refractivity contribution in [2.75, 3.05) is 0 Å². The molecule has 2 aromatic rings. The molecule has 1 aromatic heterocycles. The molecule has 0 aliphatic rings. The molecule has 0 bridgehead atoms. The Hall–Kier alpha value is -1.77. The van der Waals surface area contributed by atoms with E-state index in [9.17, 15) is 4.79 Å². The first-order valence-corrected chi connectivity index (χ1v) is 3.96. The van der Waals surface area contributed by atoms with Crippen LogP contribution in [0.4, 0.5) is 0 Å². The van der Waals surface area contributed by atoms with E-state index in [1.54, 1.807) is 0 Å². The van der Waals surface area contributed by atoms with Gasteiger partial charge in [-0.1, -0.05) is 18.2 Å². The van der Waals surface area contributed by atoms with Crippen LogP contribution >= 0.6 is 0 Å². The third-order valence-corrected chi connectivity index (χ3v) is 1.96. The Morgan fingerprint density at radius 3 is 3.08 bits per heavy atom. The zero-order valence-electron chi connectivity index (χ0n) is 6.91. The first-order chi connectivity index (χ1) is 6.42. The molecule has 65 valence electrons. The van der Waals surface area contributed by atoms with Crippen molar-refractivity contribution in [2.45, 2.75) is 6.61 Å². The number of hydrogen-bond donors (Lipinski definition) is 1. The number of rotatable bonds is 3. The molecule has 1 radical (unpaired) electrons. The highest BCUT2D eigenvalue weighted by Crippen LogP contribution is 2.17. The summed E-state index contributed by atoms with van der Waals surface area (Å²) in [6.07, 6.45) is 1.84. The van der Waals surface area contributed by atoms with Crippen LogP contribution < -0.4 is 0 Å². The molecule has 2 rings (SSSR count). The van der Waals surface area contributed by atoms with Crippen LogP contribution in [0.15, 0.2) is 30.5 Å². The number of benzene rings is 1. The van der Waals surface area contributed by atoms with Gasteiger partial charge in [0.1, 0.15) is 6.61 Å². The van der Waals surface area contributed by atoms with Gasteiger partial charge in [0, 0.05) is 22.7 Å². The highest BCUT2D eigenvalue weighted by atomic mass is 16.5. The molecular formula is C10H8NO2. The van der Waals surface area contributed by atoms with Crippen molar-refractivity contribution in [2.24, 2.45) is 0 Å². The van der Waals surface area contributed by atoms with Gasteiger partial charge in [-0.25, -0.2) is 4.79 Å². The van der Waals surface area contributed by atoms with E-state index in [1.807, 2.05) is 30.5 Å². The van der Waals surface area contributed by atoms with Crippen LogP contribution in [-0.2, 0) is 16.1 Å². The van der Waals surface area contributed by atoms with Gasteiger partial charge in [0.25, 0.3) is 0 Å². The Bertz CT molecular complexity index is 420. The number of fused-ring (bicyclic) bond motifs is 1. The van der Waals surface area contributed by atoms with E-state index in [1.165, 1.54) is 6.47 Å². The van der Waals surface area contributed by atoms with Crippen molar-refractivity contribution in [3.8, 4) is 0 Å². The topological polar surface area (TPSA) is 42.1 Å². The van der Waals surface area contributed by atoms with Crippen molar-refractivity contribution in [3.63, 3.8) is 0 Å². The highest BCUT2D eigenvalue weighted by Gasteiger charge is 2.01. The van der Waals surface area contributed by atoms with Crippen molar-refractivity contribution >= 4 is 17.4 Å². The summed E-state index contributed by atoms with van der Waals surface area (Å²) < 4.78 is 4.56. The summed E-state index contributed by atoms with van der Waals surface area (Å²) in [6.45, 7) is 1.68. The maximum absolute atomic E-state index is 9.88. The minimum Gasteiger partial charge on any atom is -0.452 e. The van der Waals surface area contributed by atoms with E-state index >= 15 is 0 Å². The fourth-order valence-corrected chi connectivity index (χ4v) is 1.36. The fourth-order valence-electron chi connectivity index (χ4n) is 1.36. The molecule has 13 heavy (non-hydrogen) atoms. The van der Waals surface area contributed by atoms with Gasteiger partial charge in [-0.3, -0.25) is 0 Å². The lowest BCUT2D eigenvalue weighted by molar-refractivity contribution is 0.268. The number of ether oxygens (including phenoxy) is 1. The number of aromatic nitrogens is 1. The standard InChI is InChI=1S/C10H8NO2/c12-7-13-6-8-5-11-10-4-2-1-3-9(8)10/h1-5,11H,6H2. The van der Waals surface area contributed by atoms with E-state index in [2.05, 4.69) is 9.72 Å². The van der Waals surface area contributed by atoms with E-state index in [0.717, 1.165) is 16.5 Å². The second-order valence-corrected chi connectivity index (χ2v) is 2.73. The molecule has 3 nitrogen and oxygen atoms in total. The second-order valence-electron chi connectivity index (χ2n) is 2.73. The third kappa shape index (κ3) is 1.40. The number of aromatic amines is 1.